The first kappa shape index (κ1) is 11.9. The van der Waals surface area contributed by atoms with E-state index < -0.39 is 0 Å². The Labute approximate surface area is 75.6 Å². The van der Waals surface area contributed by atoms with E-state index in [0.29, 0.717) is 0 Å². The van der Waals surface area contributed by atoms with Gasteiger partial charge in [0.25, 0.3) is 0 Å². The summed E-state index contributed by atoms with van der Waals surface area (Å²) in [6.45, 7) is 6.45. The van der Waals surface area contributed by atoms with Crippen molar-refractivity contribution in [3.8, 4) is 0 Å². The van der Waals surface area contributed by atoms with Crippen LogP contribution >= 0.6 is 0 Å². The highest BCUT2D eigenvalue weighted by atomic mass is 16.9. The molecule has 12 heavy (non-hydrogen) atoms. The van der Waals surface area contributed by atoms with Crippen LogP contribution in [0.1, 0.15) is 40.0 Å². The van der Waals surface area contributed by atoms with Crippen LogP contribution in [-0.4, -0.2) is 25.0 Å². The lowest BCUT2D eigenvalue weighted by molar-refractivity contribution is -0.390. The normalized spacial score (nSPS) is 16.5. The predicted octanol–water partition coefficient (Wildman–Crippen LogP) is 2.38. The molecular formula is C9H21NO2. The lowest BCUT2D eigenvalue weighted by atomic mass is 9.94. The Morgan fingerprint density at radius 2 is 1.67 bits per heavy atom. The van der Waals surface area contributed by atoms with Crippen LogP contribution in [0, 0.1) is 0 Å². The van der Waals surface area contributed by atoms with Gasteiger partial charge in [0, 0.05) is 0 Å². The van der Waals surface area contributed by atoms with Crippen LogP contribution in [0.4, 0.5) is 0 Å². The van der Waals surface area contributed by atoms with Crippen LogP contribution in [-0.2, 0) is 9.68 Å². The van der Waals surface area contributed by atoms with Gasteiger partial charge in [0.15, 0.2) is 0 Å². The van der Waals surface area contributed by atoms with Crippen molar-refractivity contribution in [1.82, 2.24) is 5.23 Å². The minimum Gasteiger partial charge on any atom is -0.277 e. The molecule has 0 aromatic rings. The highest BCUT2D eigenvalue weighted by Gasteiger charge is 2.30. The zero-order valence-electron chi connectivity index (χ0n) is 8.89. The largest absolute Gasteiger partial charge is 0.277 e. The molecule has 1 atom stereocenters. The standard InChI is InChI=1S/C9H21NO2/c1-6-8-9(3,7-2)10(11-4)12-5/h6-8H2,1-5H3. The number of hydrogen-bond acceptors (Lipinski definition) is 3. The van der Waals surface area contributed by atoms with E-state index in [1.54, 1.807) is 19.4 Å². The molecule has 0 aliphatic heterocycles. The van der Waals surface area contributed by atoms with E-state index in [0.717, 1.165) is 19.3 Å². The molecule has 0 saturated carbocycles. The van der Waals surface area contributed by atoms with Crippen LogP contribution in [0.3, 0.4) is 0 Å². The van der Waals surface area contributed by atoms with Crippen molar-refractivity contribution in [3.05, 3.63) is 0 Å². The van der Waals surface area contributed by atoms with Crippen LogP contribution < -0.4 is 0 Å². The third kappa shape index (κ3) is 2.73. The third-order valence-corrected chi connectivity index (χ3v) is 2.32. The van der Waals surface area contributed by atoms with Crippen LogP contribution in [0.2, 0.25) is 0 Å². The minimum absolute atomic E-state index is 0.00174. The molecule has 3 heteroatoms. The average Bonchev–Trinajstić information content (AvgIpc) is 2.07. The SMILES string of the molecule is CCCC(C)(CC)N(OC)OC. The Balaban J connectivity index is 4.24. The maximum absolute atomic E-state index is 5.12. The first-order valence-electron chi connectivity index (χ1n) is 4.53. The van der Waals surface area contributed by atoms with Crippen molar-refractivity contribution in [2.45, 2.75) is 45.6 Å². The van der Waals surface area contributed by atoms with E-state index in [-0.39, 0.29) is 5.54 Å². The van der Waals surface area contributed by atoms with Crippen LogP contribution in [0.25, 0.3) is 0 Å². The Hall–Kier alpha value is -0.120. The molecule has 0 spiro atoms. The van der Waals surface area contributed by atoms with Crippen molar-refractivity contribution in [2.75, 3.05) is 14.2 Å². The first-order chi connectivity index (χ1) is 5.64. The number of hydroxylamine groups is 2. The summed E-state index contributed by atoms with van der Waals surface area (Å²) >= 11 is 0. The average molecular weight is 175 g/mol. The zero-order valence-corrected chi connectivity index (χ0v) is 8.89. The summed E-state index contributed by atoms with van der Waals surface area (Å²) in [5.74, 6) is 0. The van der Waals surface area contributed by atoms with Gasteiger partial charge in [0.05, 0.1) is 19.8 Å². The van der Waals surface area contributed by atoms with Gasteiger partial charge in [-0.2, -0.15) is 0 Å². The highest BCUT2D eigenvalue weighted by molar-refractivity contribution is 4.76. The summed E-state index contributed by atoms with van der Waals surface area (Å²) in [6.07, 6.45) is 3.22. The lowest BCUT2D eigenvalue weighted by Gasteiger charge is -2.36. The molecule has 0 aromatic carbocycles. The van der Waals surface area contributed by atoms with E-state index in [4.69, 9.17) is 9.68 Å². The molecule has 0 N–H and O–H groups in total. The molecule has 74 valence electrons. The van der Waals surface area contributed by atoms with Gasteiger partial charge in [-0.25, -0.2) is 0 Å². The Morgan fingerprint density at radius 3 is 1.92 bits per heavy atom. The summed E-state index contributed by atoms with van der Waals surface area (Å²) in [5.41, 5.74) is -0.00174. The van der Waals surface area contributed by atoms with Gasteiger partial charge in [-0.3, -0.25) is 9.68 Å². The van der Waals surface area contributed by atoms with Gasteiger partial charge in [0.1, 0.15) is 0 Å². The van der Waals surface area contributed by atoms with Gasteiger partial charge in [-0.05, 0) is 19.8 Å². The molecule has 0 rings (SSSR count). The third-order valence-electron chi connectivity index (χ3n) is 2.32. The lowest BCUT2D eigenvalue weighted by Crippen LogP contribution is -2.44. The van der Waals surface area contributed by atoms with Gasteiger partial charge >= 0.3 is 0 Å². The number of hydrogen-bond donors (Lipinski definition) is 0. The maximum Gasteiger partial charge on any atom is 0.0706 e. The summed E-state index contributed by atoms with van der Waals surface area (Å²) < 4.78 is 0. The fourth-order valence-electron chi connectivity index (χ4n) is 1.45. The molecule has 3 nitrogen and oxygen atoms in total. The van der Waals surface area contributed by atoms with Gasteiger partial charge < -0.3 is 0 Å². The summed E-state index contributed by atoms with van der Waals surface area (Å²) in [4.78, 5) is 10.2. The molecule has 0 aliphatic rings. The van der Waals surface area contributed by atoms with E-state index >= 15 is 0 Å². The first-order valence-corrected chi connectivity index (χ1v) is 4.53. The predicted molar refractivity (Wildman–Crippen MR) is 49.5 cm³/mol. The second-order valence-electron chi connectivity index (χ2n) is 3.22. The molecule has 0 heterocycles. The fraction of sp³-hybridized carbons (Fsp3) is 1.00. The summed E-state index contributed by atoms with van der Waals surface area (Å²) in [7, 11) is 3.26. The molecule has 0 fully saturated rings. The fourth-order valence-corrected chi connectivity index (χ4v) is 1.45. The number of nitrogens with zero attached hydrogens (tertiary/aromatic N) is 1. The van der Waals surface area contributed by atoms with Crippen LogP contribution in [0.5, 0.6) is 0 Å². The molecular weight excluding hydrogens is 154 g/mol. The number of rotatable bonds is 6. The smallest absolute Gasteiger partial charge is 0.0706 e. The minimum atomic E-state index is -0.00174. The molecule has 1 unspecified atom stereocenters. The topological polar surface area (TPSA) is 21.7 Å². The molecule has 0 aliphatic carbocycles. The quantitative estimate of drug-likeness (QED) is 0.578. The van der Waals surface area contributed by atoms with Crippen molar-refractivity contribution in [2.24, 2.45) is 0 Å². The van der Waals surface area contributed by atoms with E-state index in [1.807, 2.05) is 0 Å². The second-order valence-corrected chi connectivity index (χ2v) is 3.22. The van der Waals surface area contributed by atoms with E-state index in [1.165, 1.54) is 0 Å². The highest BCUT2D eigenvalue weighted by Crippen LogP contribution is 2.24. The van der Waals surface area contributed by atoms with Crippen molar-refractivity contribution >= 4 is 0 Å². The Bertz CT molecular complexity index is 115. The summed E-state index contributed by atoms with van der Waals surface area (Å²) in [5, 5.41) is 1.58. The zero-order chi connectivity index (χ0) is 9.61. The van der Waals surface area contributed by atoms with Crippen LogP contribution in [0.15, 0.2) is 0 Å². The molecule has 0 aromatic heterocycles. The van der Waals surface area contributed by atoms with Crippen molar-refractivity contribution in [3.63, 3.8) is 0 Å². The van der Waals surface area contributed by atoms with Gasteiger partial charge in [0.2, 0.25) is 0 Å². The van der Waals surface area contributed by atoms with E-state index in [2.05, 4.69) is 20.8 Å². The Morgan fingerprint density at radius 1 is 1.17 bits per heavy atom. The van der Waals surface area contributed by atoms with Crippen molar-refractivity contribution < 1.29 is 9.68 Å². The van der Waals surface area contributed by atoms with Crippen molar-refractivity contribution in [1.29, 1.82) is 0 Å². The monoisotopic (exact) mass is 175 g/mol. The summed E-state index contributed by atoms with van der Waals surface area (Å²) in [6, 6.07) is 0. The molecule has 0 bridgehead atoms. The maximum atomic E-state index is 5.12. The second kappa shape index (κ2) is 5.51. The van der Waals surface area contributed by atoms with Gasteiger partial charge in [-0.15, -0.1) is 0 Å². The molecule has 0 amide bonds. The van der Waals surface area contributed by atoms with Gasteiger partial charge in [-0.1, -0.05) is 25.5 Å². The molecule has 0 radical (unpaired) electrons. The van der Waals surface area contributed by atoms with E-state index in [9.17, 15) is 0 Å². The Kier molecular flexibility index (Phi) is 5.46. The molecule has 0 saturated heterocycles.